The summed E-state index contributed by atoms with van der Waals surface area (Å²) < 4.78 is 12.7. The Labute approximate surface area is 239 Å². The maximum Gasteiger partial charge on any atom is 0.340 e. The number of nitrogens with zero attached hydrogens (tertiary/aromatic N) is 1. The quantitative estimate of drug-likeness (QED) is 0.220. The molecule has 2 heterocycles. The number of hydrogen-bond acceptors (Lipinski definition) is 6. The molecule has 41 heavy (non-hydrogen) atoms. The first kappa shape index (κ1) is 24.8. The molecule has 6 nitrogen and oxygen atoms in total. The fraction of sp³-hybridized carbons (Fsp3) is 0.114. The van der Waals surface area contributed by atoms with Crippen LogP contribution >= 0.6 is 0 Å². The van der Waals surface area contributed by atoms with Crippen LogP contribution in [0.1, 0.15) is 32.6 Å². The van der Waals surface area contributed by atoms with E-state index < -0.39 is 5.60 Å². The summed E-state index contributed by atoms with van der Waals surface area (Å²) in [7, 11) is 4.06. The molecule has 5 aromatic carbocycles. The molecule has 0 radical (unpaired) electrons. The predicted molar refractivity (Wildman–Crippen MR) is 163 cm³/mol. The smallest absolute Gasteiger partial charge is 0.340 e. The predicted octanol–water partition coefficient (Wildman–Crippen LogP) is 8.12. The normalized spacial score (nSPS) is 16.2. The van der Waals surface area contributed by atoms with Crippen molar-refractivity contribution in [1.82, 2.24) is 0 Å². The minimum atomic E-state index is -1.05. The lowest BCUT2D eigenvalue weighted by atomic mass is 9.77. The van der Waals surface area contributed by atoms with Crippen LogP contribution in [0.4, 0.5) is 28.4 Å². The number of esters is 1. The van der Waals surface area contributed by atoms with E-state index >= 15 is 0 Å². The average Bonchev–Trinajstić information content (AvgIpc) is 3.27. The molecule has 2 aliphatic heterocycles. The molecule has 0 aliphatic carbocycles. The van der Waals surface area contributed by atoms with E-state index in [2.05, 4.69) is 39.8 Å². The number of hydrogen-bond donors (Lipinski definition) is 2. The number of carbonyl (C=O) groups is 1. The van der Waals surface area contributed by atoms with Crippen molar-refractivity contribution in [3.8, 4) is 11.5 Å². The Hall–Kier alpha value is -5.23. The monoisotopic (exact) mass is 539 g/mol. The lowest BCUT2D eigenvalue weighted by Crippen LogP contribution is -2.33. The number of benzene rings is 5. The van der Waals surface area contributed by atoms with E-state index in [1.807, 2.05) is 106 Å². The van der Waals surface area contributed by atoms with Gasteiger partial charge in [-0.3, -0.25) is 0 Å². The lowest BCUT2D eigenvalue weighted by Gasteiger charge is -2.36. The Kier molecular flexibility index (Phi) is 5.71. The van der Waals surface area contributed by atoms with Gasteiger partial charge in [0.25, 0.3) is 0 Å². The zero-order valence-corrected chi connectivity index (χ0v) is 23.1. The maximum absolute atomic E-state index is 13.0. The third-order valence-electron chi connectivity index (χ3n) is 7.72. The Bertz CT molecular complexity index is 1800. The van der Waals surface area contributed by atoms with Crippen LogP contribution < -0.4 is 20.3 Å². The molecular formula is C35H29N3O3. The van der Waals surface area contributed by atoms with Crippen LogP contribution in [0, 0.1) is 6.92 Å². The third-order valence-corrected chi connectivity index (χ3v) is 7.72. The van der Waals surface area contributed by atoms with Crippen LogP contribution in [0.15, 0.2) is 109 Å². The standard InChI is InChI=1S/C35H29N3O3/c1-22-8-18-30-32(20-22)40-33-21-26(15-19-31(33)35(30)29-7-5-4-6-28(29)34(39)41-35)37-24-11-9-23(10-12-24)36-25-13-16-27(17-14-25)38(2)3/h4-21,36-37H,1-3H3. The number of carbonyl (C=O) groups excluding carboxylic acids is 1. The Morgan fingerprint density at radius 3 is 1.88 bits per heavy atom. The second kappa shape index (κ2) is 9.45. The van der Waals surface area contributed by atoms with Crippen molar-refractivity contribution in [2.75, 3.05) is 29.6 Å². The number of nitrogens with one attached hydrogen (secondary N) is 2. The van der Waals surface area contributed by atoms with Crippen molar-refractivity contribution in [3.63, 3.8) is 0 Å². The van der Waals surface area contributed by atoms with Gasteiger partial charge in [0.15, 0.2) is 5.60 Å². The van der Waals surface area contributed by atoms with E-state index in [4.69, 9.17) is 9.47 Å². The van der Waals surface area contributed by atoms with E-state index in [1.165, 1.54) is 0 Å². The van der Waals surface area contributed by atoms with Gasteiger partial charge < -0.3 is 25.0 Å². The minimum absolute atomic E-state index is 0.329. The second-order valence-electron chi connectivity index (χ2n) is 10.7. The second-order valence-corrected chi connectivity index (χ2v) is 10.7. The third kappa shape index (κ3) is 4.16. The molecule has 2 aliphatic rings. The van der Waals surface area contributed by atoms with Crippen LogP contribution in [0.3, 0.4) is 0 Å². The van der Waals surface area contributed by atoms with Gasteiger partial charge in [-0.25, -0.2) is 4.79 Å². The van der Waals surface area contributed by atoms with Crippen LogP contribution in [0.5, 0.6) is 11.5 Å². The molecule has 1 unspecified atom stereocenters. The highest BCUT2D eigenvalue weighted by Gasteiger charge is 2.53. The molecule has 7 rings (SSSR count). The molecule has 0 aromatic heterocycles. The fourth-order valence-corrected chi connectivity index (χ4v) is 5.67. The molecule has 0 fully saturated rings. The van der Waals surface area contributed by atoms with E-state index in [0.29, 0.717) is 17.1 Å². The van der Waals surface area contributed by atoms with Gasteiger partial charge in [-0.15, -0.1) is 0 Å². The fourth-order valence-electron chi connectivity index (χ4n) is 5.67. The molecule has 0 bridgehead atoms. The van der Waals surface area contributed by atoms with E-state index in [-0.39, 0.29) is 5.97 Å². The first-order valence-electron chi connectivity index (χ1n) is 13.6. The number of rotatable bonds is 5. The van der Waals surface area contributed by atoms with Crippen LogP contribution in [-0.2, 0) is 10.3 Å². The maximum atomic E-state index is 13.0. The van der Waals surface area contributed by atoms with Crippen molar-refractivity contribution in [2.45, 2.75) is 12.5 Å². The van der Waals surface area contributed by atoms with Crippen LogP contribution in [0.25, 0.3) is 0 Å². The van der Waals surface area contributed by atoms with Gasteiger partial charge in [0.2, 0.25) is 0 Å². The molecule has 202 valence electrons. The summed E-state index contributed by atoms with van der Waals surface area (Å²) in [6.45, 7) is 2.02. The molecule has 5 aromatic rings. The van der Waals surface area contributed by atoms with Crippen molar-refractivity contribution >= 4 is 34.4 Å². The topological polar surface area (TPSA) is 62.8 Å². The molecule has 6 heteroatoms. The van der Waals surface area contributed by atoms with Crippen molar-refractivity contribution in [3.05, 3.63) is 137 Å². The Balaban J connectivity index is 1.18. The van der Waals surface area contributed by atoms with Gasteiger partial charge in [0, 0.05) is 65.3 Å². The summed E-state index contributed by atoms with van der Waals surface area (Å²) in [6.07, 6.45) is 0. The summed E-state index contributed by atoms with van der Waals surface area (Å²) in [6, 6.07) is 36.0. The molecule has 1 atom stereocenters. The summed E-state index contributed by atoms with van der Waals surface area (Å²) in [5.74, 6) is 1.01. The summed E-state index contributed by atoms with van der Waals surface area (Å²) in [5, 5.41) is 6.93. The largest absolute Gasteiger partial charge is 0.456 e. The van der Waals surface area contributed by atoms with E-state index in [9.17, 15) is 4.79 Å². The zero-order chi connectivity index (χ0) is 28.1. The van der Waals surface area contributed by atoms with Crippen molar-refractivity contribution < 1.29 is 14.3 Å². The van der Waals surface area contributed by atoms with E-state index in [0.717, 1.165) is 50.7 Å². The van der Waals surface area contributed by atoms with Gasteiger partial charge in [-0.1, -0.05) is 30.3 Å². The first-order valence-corrected chi connectivity index (χ1v) is 13.6. The molecule has 2 N–H and O–H groups in total. The van der Waals surface area contributed by atoms with E-state index in [1.54, 1.807) is 0 Å². The highest BCUT2D eigenvalue weighted by molar-refractivity contribution is 5.97. The Morgan fingerprint density at radius 2 is 1.20 bits per heavy atom. The van der Waals surface area contributed by atoms with Gasteiger partial charge in [-0.05, 0) is 85.3 Å². The zero-order valence-electron chi connectivity index (χ0n) is 23.1. The molecule has 0 saturated carbocycles. The number of anilines is 5. The number of aryl methyl sites for hydroxylation is 1. The molecule has 0 saturated heterocycles. The molecule has 0 amide bonds. The minimum Gasteiger partial charge on any atom is -0.456 e. The molecular weight excluding hydrogens is 510 g/mol. The first-order chi connectivity index (χ1) is 19.9. The summed E-state index contributed by atoms with van der Waals surface area (Å²) >= 11 is 0. The van der Waals surface area contributed by atoms with Gasteiger partial charge in [0.1, 0.15) is 11.5 Å². The number of ether oxygens (including phenoxy) is 2. The van der Waals surface area contributed by atoms with Gasteiger partial charge in [-0.2, -0.15) is 0 Å². The Morgan fingerprint density at radius 1 is 0.634 bits per heavy atom. The van der Waals surface area contributed by atoms with Gasteiger partial charge in [0.05, 0.1) is 5.56 Å². The van der Waals surface area contributed by atoms with Gasteiger partial charge >= 0.3 is 5.97 Å². The highest BCUT2D eigenvalue weighted by Crippen LogP contribution is 2.56. The van der Waals surface area contributed by atoms with Crippen molar-refractivity contribution in [2.24, 2.45) is 0 Å². The lowest BCUT2D eigenvalue weighted by molar-refractivity contribution is 0.0224. The molecule has 1 spiro atoms. The van der Waals surface area contributed by atoms with Crippen molar-refractivity contribution in [1.29, 1.82) is 0 Å². The van der Waals surface area contributed by atoms with Crippen LogP contribution in [-0.4, -0.2) is 20.1 Å². The highest BCUT2D eigenvalue weighted by atomic mass is 16.6. The SMILES string of the molecule is Cc1ccc2c(c1)Oc1cc(Nc3ccc(Nc4ccc(N(C)C)cc4)cc3)ccc1C21OC(=O)c2ccccc21. The van der Waals surface area contributed by atoms with Crippen LogP contribution in [0.2, 0.25) is 0 Å². The average molecular weight is 540 g/mol. The summed E-state index contributed by atoms with van der Waals surface area (Å²) in [4.78, 5) is 15.1. The number of fused-ring (bicyclic) bond motifs is 6. The summed E-state index contributed by atoms with van der Waals surface area (Å²) in [5.41, 5.74) is 8.05.